The van der Waals surface area contributed by atoms with E-state index in [1.807, 2.05) is 24.8 Å². The van der Waals surface area contributed by atoms with Gasteiger partial charge in [0.1, 0.15) is 0 Å². The Bertz CT molecular complexity index is 3190. The molecule has 5 nitrogen and oxygen atoms in total. The highest BCUT2D eigenvalue weighted by atomic mass is 15.2. The van der Waals surface area contributed by atoms with Crippen molar-refractivity contribution in [1.82, 2.24) is 9.97 Å². The van der Waals surface area contributed by atoms with Gasteiger partial charge in [-0.25, -0.2) is 0 Å². The van der Waals surface area contributed by atoms with Crippen LogP contribution in [0.1, 0.15) is 0 Å². The van der Waals surface area contributed by atoms with Gasteiger partial charge in [-0.05, 0) is 159 Å². The van der Waals surface area contributed by atoms with Gasteiger partial charge in [0.15, 0.2) is 0 Å². The molecule has 12 rings (SSSR count). The summed E-state index contributed by atoms with van der Waals surface area (Å²) in [6.07, 6.45) is 7.48. The number of benzene rings is 8. The van der Waals surface area contributed by atoms with E-state index in [0.717, 1.165) is 73.3 Å². The average molecular weight is 818 g/mol. The molecule has 6 heteroatoms. The molecule has 64 heavy (non-hydrogen) atoms. The standard InChI is InChI=1S/C58H40BN5/c1-4-14-41(15-5-1)45-36-46(43-30-34-61-35-31-43)39-51(38-45)64-54-23-11-10-22-52(54)59-53-27-26-50(62(47-17-6-2-7-18-47)48-19-8-3-9-20-48)40-57(53)63(55-24-13-25-56(64)58(55)59)49-21-12-16-44(37-49)42-28-32-60-33-29-42/h1-40H. The average Bonchev–Trinajstić information content (AvgIpc) is 3.37. The molecular weight excluding hydrogens is 777 g/mol. The molecule has 0 atom stereocenters. The van der Waals surface area contributed by atoms with Gasteiger partial charge in [-0.2, -0.15) is 0 Å². The maximum Gasteiger partial charge on any atom is 0.252 e. The minimum atomic E-state index is -0.0267. The molecule has 0 fully saturated rings. The third-order valence-corrected chi connectivity index (χ3v) is 12.6. The van der Waals surface area contributed by atoms with E-state index in [1.165, 1.54) is 27.6 Å². The molecule has 2 aliphatic heterocycles. The van der Waals surface area contributed by atoms with Crippen molar-refractivity contribution >= 4 is 74.3 Å². The largest absolute Gasteiger partial charge is 0.311 e. The molecule has 0 spiro atoms. The first-order valence-electron chi connectivity index (χ1n) is 21.7. The number of anilines is 9. The van der Waals surface area contributed by atoms with E-state index in [-0.39, 0.29) is 6.71 Å². The molecule has 0 saturated carbocycles. The van der Waals surface area contributed by atoms with Crippen LogP contribution in [-0.2, 0) is 0 Å². The first-order valence-corrected chi connectivity index (χ1v) is 21.7. The first-order chi connectivity index (χ1) is 31.8. The van der Waals surface area contributed by atoms with Crippen LogP contribution in [0.15, 0.2) is 243 Å². The second kappa shape index (κ2) is 15.8. The van der Waals surface area contributed by atoms with Gasteiger partial charge in [-0.15, -0.1) is 0 Å². The minimum Gasteiger partial charge on any atom is -0.311 e. The number of nitrogens with zero attached hydrogens (tertiary/aromatic N) is 5. The first kappa shape index (κ1) is 37.3. The summed E-state index contributed by atoms with van der Waals surface area (Å²) in [4.78, 5) is 16.0. The smallest absolute Gasteiger partial charge is 0.252 e. The molecule has 0 aliphatic carbocycles. The summed E-state index contributed by atoms with van der Waals surface area (Å²) in [5, 5.41) is 0. The molecule has 2 aromatic heterocycles. The van der Waals surface area contributed by atoms with Crippen LogP contribution in [0.2, 0.25) is 0 Å². The summed E-state index contributed by atoms with van der Waals surface area (Å²) < 4.78 is 0. The minimum absolute atomic E-state index is 0.0267. The third-order valence-electron chi connectivity index (χ3n) is 12.6. The lowest BCUT2D eigenvalue weighted by molar-refractivity contribution is 1.24. The Balaban J connectivity index is 1.11. The molecule has 300 valence electrons. The quantitative estimate of drug-likeness (QED) is 0.143. The zero-order valence-corrected chi connectivity index (χ0v) is 34.9. The zero-order chi connectivity index (χ0) is 42.4. The van der Waals surface area contributed by atoms with Crippen molar-refractivity contribution in [3.63, 3.8) is 0 Å². The van der Waals surface area contributed by atoms with Crippen LogP contribution >= 0.6 is 0 Å². The van der Waals surface area contributed by atoms with E-state index < -0.39 is 0 Å². The normalized spacial score (nSPS) is 12.3. The highest BCUT2D eigenvalue weighted by molar-refractivity contribution is 7.00. The van der Waals surface area contributed by atoms with Gasteiger partial charge in [0.05, 0.1) is 0 Å². The van der Waals surface area contributed by atoms with Crippen molar-refractivity contribution in [2.45, 2.75) is 0 Å². The van der Waals surface area contributed by atoms with Gasteiger partial charge in [-0.3, -0.25) is 9.97 Å². The van der Waals surface area contributed by atoms with E-state index in [9.17, 15) is 0 Å². The molecule has 0 radical (unpaired) electrons. The van der Waals surface area contributed by atoms with Crippen LogP contribution in [0.25, 0.3) is 33.4 Å². The third kappa shape index (κ3) is 6.43. The van der Waals surface area contributed by atoms with Crippen molar-refractivity contribution in [1.29, 1.82) is 0 Å². The molecule has 10 aromatic rings. The van der Waals surface area contributed by atoms with Crippen molar-refractivity contribution in [3.05, 3.63) is 243 Å². The Hall–Kier alpha value is -8.48. The Labute approximate surface area is 373 Å². The number of hydrogen-bond donors (Lipinski definition) is 0. The van der Waals surface area contributed by atoms with E-state index in [4.69, 9.17) is 0 Å². The maximum atomic E-state index is 4.36. The number of aromatic nitrogens is 2. The lowest BCUT2D eigenvalue weighted by atomic mass is 9.33. The van der Waals surface area contributed by atoms with Crippen molar-refractivity contribution in [2.24, 2.45) is 0 Å². The summed E-state index contributed by atoms with van der Waals surface area (Å²) in [7, 11) is 0. The number of rotatable bonds is 8. The molecule has 0 unspecified atom stereocenters. The van der Waals surface area contributed by atoms with Gasteiger partial charge >= 0.3 is 0 Å². The highest BCUT2D eigenvalue weighted by Crippen LogP contribution is 2.47. The Morgan fingerprint density at radius 1 is 0.312 bits per heavy atom. The van der Waals surface area contributed by atoms with E-state index in [2.05, 4.69) is 243 Å². The van der Waals surface area contributed by atoms with E-state index in [0.29, 0.717) is 0 Å². The lowest BCUT2D eigenvalue weighted by Crippen LogP contribution is -2.61. The van der Waals surface area contributed by atoms with Crippen LogP contribution in [0.3, 0.4) is 0 Å². The summed E-state index contributed by atoms with van der Waals surface area (Å²) in [5.74, 6) is 0. The molecule has 0 amide bonds. The van der Waals surface area contributed by atoms with Crippen LogP contribution in [-0.4, -0.2) is 16.7 Å². The molecule has 4 heterocycles. The van der Waals surface area contributed by atoms with Crippen LogP contribution in [0, 0.1) is 0 Å². The summed E-state index contributed by atoms with van der Waals surface area (Å²) >= 11 is 0. The summed E-state index contributed by atoms with van der Waals surface area (Å²) in [6.45, 7) is -0.0267. The summed E-state index contributed by atoms with van der Waals surface area (Å²) in [5.41, 5.74) is 20.7. The molecule has 0 bridgehead atoms. The number of hydrogen-bond acceptors (Lipinski definition) is 5. The van der Waals surface area contributed by atoms with Gasteiger partial charge in [-0.1, -0.05) is 109 Å². The van der Waals surface area contributed by atoms with Gasteiger partial charge < -0.3 is 14.7 Å². The fourth-order valence-corrected chi connectivity index (χ4v) is 9.78. The predicted octanol–water partition coefficient (Wildman–Crippen LogP) is 13.0. The molecular formula is C58H40BN5. The Morgan fingerprint density at radius 3 is 1.45 bits per heavy atom. The number of para-hydroxylation sites is 3. The van der Waals surface area contributed by atoms with Gasteiger partial charge in [0.2, 0.25) is 0 Å². The zero-order valence-electron chi connectivity index (χ0n) is 34.9. The topological polar surface area (TPSA) is 35.5 Å². The second-order valence-corrected chi connectivity index (χ2v) is 16.3. The molecule has 8 aromatic carbocycles. The van der Waals surface area contributed by atoms with Crippen LogP contribution in [0.4, 0.5) is 51.2 Å². The van der Waals surface area contributed by atoms with Crippen molar-refractivity contribution in [3.8, 4) is 33.4 Å². The molecule has 2 aliphatic rings. The Morgan fingerprint density at radius 2 is 0.797 bits per heavy atom. The Kier molecular flexibility index (Phi) is 9.19. The van der Waals surface area contributed by atoms with Crippen molar-refractivity contribution in [2.75, 3.05) is 14.7 Å². The van der Waals surface area contributed by atoms with Crippen LogP contribution < -0.4 is 31.1 Å². The molecule has 0 N–H and O–H groups in total. The fraction of sp³-hybridized carbons (Fsp3) is 0. The predicted molar refractivity (Wildman–Crippen MR) is 267 cm³/mol. The summed E-state index contributed by atoms with van der Waals surface area (Å²) in [6, 6.07) is 79.2. The lowest BCUT2D eigenvalue weighted by Gasteiger charge is -2.44. The van der Waals surface area contributed by atoms with Crippen LogP contribution in [0.5, 0.6) is 0 Å². The van der Waals surface area contributed by atoms with Crippen molar-refractivity contribution < 1.29 is 0 Å². The number of fused-ring (bicyclic) bond motifs is 4. The second-order valence-electron chi connectivity index (χ2n) is 16.3. The maximum absolute atomic E-state index is 4.36. The monoisotopic (exact) mass is 817 g/mol. The van der Waals surface area contributed by atoms with Gasteiger partial charge in [0, 0.05) is 76.0 Å². The van der Waals surface area contributed by atoms with E-state index in [1.54, 1.807) is 0 Å². The number of pyridine rings is 2. The van der Waals surface area contributed by atoms with Gasteiger partial charge in [0.25, 0.3) is 6.71 Å². The highest BCUT2D eigenvalue weighted by Gasteiger charge is 2.43. The SMILES string of the molecule is c1ccc(-c2cc(-c3ccncc3)cc(N3c4ccccc4B4c5ccc(N(c6ccccc6)c6ccccc6)cc5N(c5cccc(-c6ccncc6)c5)c5cccc3c54)c2)cc1. The fourth-order valence-electron chi connectivity index (χ4n) is 9.78. The molecule has 0 saturated heterocycles. The van der Waals surface area contributed by atoms with E-state index >= 15 is 0 Å².